The van der Waals surface area contributed by atoms with Crippen LogP contribution in [-0.2, 0) is 0 Å². The molecule has 0 atom stereocenters. The second kappa shape index (κ2) is 10.2. The number of methoxy groups -OCH3 is 1. The van der Waals surface area contributed by atoms with Crippen LogP contribution < -0.4 is 10.5 Å². The van der Waals surface area contributed by atoms with Gasteiger partial charge >= 0.3 is 0 Å². The molecule has 2 fully saturated rings. The lowest BCUT2D eigenvalue weighted by atomic mass is 9.89. The number of hydrogen-bond acceptors (Lipinski definition) is 4. The molecule has 1 aromatic carbocycles. The fourth-order valence-electron chi connectivity index (χ4n) is 4.80. The van der Waals surface area contributed by atoms with Crippen molar-refractivity contribution >= 4 is 11.5 Å². The first-order valence-electron chi connectivity index (χ1n) is 11.0. The number of ether oxygens (including phenoxy) is 1. The summed E-state index contributed by atoms with van der Waals surface area (Å²) in [6, 6.07) is 2.61. The van der Waals surface area contributed by atoms with Gasteiger partial charge in [0.1, 0.15) is 11.6 Å². The molecule has 3 rings (SSSR count). The van der Waals surface area contributed by atoms with Crippen molar-refractivity contribution in [2.45, 2.75) is 64.2 Å². The molecule has 2 aliphatic rings. The van der Waals surface area contributed by atoms with Crippen LogP contribution >= 0.6 is 0 Å². The van der Waals surface area contributed by atoms with E-state index >= 15 is 0 Å². The minimum Gasteiger partial charge on any atom is -0.496 e. The second-order valence-electron chi connectivity index (χ2n) is 8.64. The maximum Gasteiger partial charge on any atom is 0.166 e. The monoisotopic (exact) mass is 390 g/mol. The Hall–Kier alpha value is -1.62. The van der Waals surface area contributed by atoms with E-state index in [1.54, 1.807) is 0 Å². The average molecular weight is 391 g/mol. The van der Waals surface area contributed by atoms with Crippen molar-refractivity contribution in [1.82, 2.24) is 4.90 Å². The number of rotatable bonds is 7. The maximum atomic E-state index is 13.8. The number of benzene rings is 1. The van der Waals surface area contributed by atoms with E-state index in [1.165, 1.54) is 64.3 Å². The Labute approximate surface area is 168 Å². The first-order valence-corrected chi connectivity index (χ1v) is 11.0. The molecule has 0 aromatic heterocycles. The summed E-state index contributed by atoms with van der Waals surface area (Å²) < 4.78 is 19.0. The molecule has 0 bridgehead atoms. The van der Waals surface area contributed by atoms with Crippen molar-refractivity contribution in [2.75, 3.05) is 32.5 Å². The van der Waals surface area contributed by atoms with Crippen LogP contribution in [0.5, 0.6) is 5.75 Å². The van der Waals surface area contributed by atoms with E-state index in [2.05, 4.69) is 4.90 Å². The van der Waals surface area contributed by atoms with Crippen LogP contribution in [0.2, 0.25) is 0 Å². The van der Waals surface area contributed by atoms with E-state index in [1.807, 2.05) is 0 Å². The largest absolute Gasteiger partial charge is 0.496 e. The zero-order chi connectivity index (χ0) is 19.9. The lowest BCUT2D eigenvalue weighted by molar-refractivity contribution is 0.0955. The number of anilines is 1. The fraction of sp³-hybridized carbons (Fsp3) is 0.696. The number of nitrogen functional groups attached to an aromatic ring is 1. The molecule has 1 heterocycles. The first kappa shape index (κ1) is 21.1. The Morgan fingerprint density at radius 1 is 1.11 bits per heavy atom. The summed E-state index contributed by atoms with van der Waals surface area (Å²) in [5.74, 6) is 1.21. The van der Waals surface area contributed by atoms with Crippen LogP contribution in [0.1, 0.15) is 74.6 Å². The number of nitrogens with two attached hydrogens (primary N) is 1. The van der Waals surface area contributed by atoms with E-state index in [0.717, 1.165) is 38.3 Å². The van der Waals surface area contributed by atoms with Gasteiger partial charge in [-0.3, -0.25) is 4.79 Å². The number of halogens is 1. The van der Waals surface area contributed by atoms with Gasteiger partial charge in [0.25, 0.3) is 0 Å². The molecule has 2 N–H and O–H groups in total. The molecular formula is C23H35FN2O2. The van der Waals surface area contributed by atoms with Crippen molar-refractivity contribution in [2.24, 2.45) is 11.8 Å². The van der Waals surface area contributed by atoms with Gasteiger partial charge in [0.2, 0.25) is 0 Å². The molecule has 156 valence electrons. The molecule has 0 amide bonds. The van der Waals surface area contributed by atoms with Gasteiger partial charge in [-0.05, 0) is 63.1 Å². The molecule has 1 saturated heterocycles. The summed E-state index contributed by atoms with van der Waals surface area (Å²) in [4.78, 5) is 15.2. The normalized spacial score (nSPS) is 20.1. The first-order chi connectivity index (χ1) is 13.6. The van der Waals surface area contributed by atoms with E-state index in [4.69, 9.17) is 10.5 Å². The third-order valence-corrected chi connectivity index (χ3v) is 6.60. The molecule has 28 heavy (non-hydrogen) atoms. The number of Topliss-reactive ketones (excluding diaryl/α,β-unsaturated/α-hetero) is 1. The molecule has 1 aromatic rings. The van der Waals surface area contributed by atoms with E-state index < -0.39 is 5.82 Å². The van der Waals surface area contributed by atoms with Gasteiger partial charge in [0, 0.05) is 19.0 Å². The summed E-state index contributed by atoms with van der Waals surface area (Å²) in [6.07, 6.45) is 12.0. The Bertz CT molecular complexity index is 648. The lowest BCUT2D eigenvalue weighted by Gasteiger charge is -2.34. The standard InChI is InChI=1S/C23H35FN2O2/c1-28-23-15-21(25)20(24)14-19(23)22(27)9-8-17-10-12-26(13-11-17)16-18-6-4-2-3-5-7-18/h14-15,17-18H,2-13,16,25H2,1H3. The minimum atomic E-state index is -0.559. The second-order valence-corrected chi connectivity index (χ2v) is 8.64. The van der Waals surface area contributed by atoms with Gasteiger partial charge in [0.15, 0.2) is 5.78 Å². The predicted octanol–water partition coefficient (Wildman–Crippen LogP) is 5.06. The molecule has 0 spiro atoms. The number of carbonyl (C=O) groups is 1. The van der Waals surface area contributed by atoms with Gasteiger partial charge in [-0.25, -0.2) is 4.39 Å². The number of ketones is 1. The molecule has 4 nitrogen and oxygen atoms in total. The Balaban J connectivity index is 1.44. The topological polar surface area (TPSA) is 55.6 Å². The summed E-state index contributed by atoms with van der Waals surface area (Å²) in [5.41, 5.74) is 5.89. The molecular weight excluding hydrogens is 355 g/mol. The van der Waals surface area contributed by atoms with E-state index in [9.17, 15) is 9.18 Å². The number of likely N-dealkylation sites (tertiary alicyclic amines) is 1. The average Bonchev–Trinajstić information content (AvgIpc) is 2.97. The molecule has 0 unspecified atom stereocenters. The Kier molecular flexibility index (Phi) is 7.72. The summed E-state index contributed by atoms with van der Waals surface area (Å²) in [6.45, 7) is 3.55. The highest BCUT2D eigenvalue weighted by molar-refractivity contribution is 5.99. The van der Waals surface area contributed by atoms with Crippen LogP contribution in [0, 0.1) is 17.7 Å². The molecule has 5 heteroatoms. The van der Waals surface area contributed by atoms with Crippen molar-refractivity contribution in [3.05, 3.63) is 23.5 Å². The van der Waals surface area contributed by atoms with Crippen LogP contribution in [0.4, 0.5) is 10.1 Å². The Morgan fingerprint density at radius 2 is 1.79 bits per heavy atom. The van der Waals surface area contributed by atoms with Crippen LogP contribution in [0.15, 0.2) is 12.1 Å². The molecule has 0 radical (unpaired) electrons. The molecule has 1 aliphatic carbocycles. The van der Waals surface area contributed by atoms with E-state index in [0.29, 0.717) is 23.7 Å². The van der Waals surface area contributed by atoms with Crippen LogP contribution in [0.25, 0.3) is 0 Å². The van der Waals surface area contributed by atoms with Crippen LogP contribution in [-0.4, -0.2) is 37.4 Å². The lowest BCUT2D eigenvalue weighted by Crippen LogP contribution is -2.37. The highest BCUT2D eigenvalue weighted by Gasteiger charge is 2.24. The SMILES string of the molecule is COc1cc(N)c(F)cc1C(=O)CCC1CCN(CC2CCCCCC2)CC1. The maximum absolute atomic E-state index is 13.8. The smallest absolute Gasteiger partial charge is 0.166 e. The van der Waals surface area contributed by atoms with E-state index in [-0.39, 0.29) is 11.5 Å². The van der Waals surface area contributed by atoms with Crippen LogP contribution in [0.3, 0.4) is 0 Å². The van der Waals surface area contributed by atoms with Gasteiger partial charge < -0.3 is 15.4 Å². The summed E-state index contributed by atoms with van der Waals surface area (Å²) in [5, 5.41) is 0. The molecule has 1 aliphatic heterocycles. The predicted molar refractivity (Wildman–Crippen MR) is 111 cm³/mol. The number of carbonyl (C=O) groups excluding carboxylic acids is 1. The van der Waals surface area contributed by atoms with Gasteiger partial charge in [-0.1, -0.05) is 25.7 Å². The highest BCUT2D eigenvalue weighted by atomic mass is 19.1. The zero-order valence-electron chi connectivity index (χ0n) is 17.2. The Morgan fingerprint density at radius 3 is 2.43 bits per heavy atom. The number of nitrogens with zero attached hydrogens (tertiary/aromatic N) is 1. The number of hydrogen-bond donors (Lipinski definition) is 1. The zero-order valence-corrected chi connectivity index (χ0v) is 17.2. The highest BCUT2D eigenvalue weighted by Crippen LogP contribution is 2.29. The minimum absolute atomic E-state index is 0.00874. The summed E-state index contributed by atoms with van der Waals surface area (Å²) >= 11 is 0. The quantitative estimate of drug-likeness (QED) is 0.402. The third kappa shape index (κ3) is 5.69. The van der Waals surface area contributed by atoms with Gasteiger partial charge in [-0.2, -0.15) is 0 Å². The van der Waals surface area contributed by atoms with Gasteiger partial charge in [0.05, 0.1) is 18.4 Å². The van der Waals surface area contributed by atoms with Crippen molar-refractivity contribution in [3.63, 3.8) is 0 Å². The summed E-state index contributed by atoms with van der Waals surface area (Å²) in [7, 11) is 1.48. The van der Waals surface area contributed by atoms with Crippen molar-refractivity contribution in [1.29, 1.82) is 0 Å². The fourth-order valence-corrected chi connectivity index (χ4v) is 4.80. The van der Waals surface area contributed by atoms with Crippen molar-refractivity contribution in [3.8, 4) is 5.75 Å². The van der Waals surface area contributed by atoms with Gasteiger partial charge in [-0.15, -0.1) is 0 Å². The molecule has 1 saturated carbocycles. The van der Waals surface area contributed by atoms with Crippen molar-refractivity contribution < 1.29 is 13.9 Å². The third-order valence-electron chi connectivity index (χ3n) is 6.60. The number of piperidine rings is 1.